The van der Waals surface area contributed by atoms with E-state index in [0.29, 0.717) is 18.0 Å². The van der Waals surface area contributed by atoms with E-state index in [1.165, 1.54) is 12.1 Å². The van der Waals surface area contributed by atoms with Crippen LogP contribution in [0.5, 0.6) is 5.75 Å². The fourth-order valence-electron chi connectivity index (χ4n) is 1.62. The van der Waals surface area contributed by atoms with E-state index in [-0.39, 0.29) is 17.8 Å². The van der Waals surface area contributed by atoms with Crippen molar-refractivity contribution in [3.05, 3.63) is 54.1 Å². The second-order valence-corrected chi connectivity index (χ2v) is 4.18. The molecule has 1 atom stereocenters. The highest BCUT2D eigenvalue weighted by Gasteiger charge is 2.09. The predicted molar refractivity (Wildman–Crippen MR) is 69.6 cm³/mol. The molecule has 1 aromatic carbocycles. The molecule has 0 saturated carbocycles. The Morgan fingerprint density at radius 2 is 2.26 bits per heavy atom. The van der Waals surface area contributed by atoms with Gasteiger partial charge >= 0.3 is 0 Å². The monoisotopic (exact) mass is 262 g/mol. The second-order valence-electron chi connectivity index (χ2n) is 4.18. The molecule has 1 amide bonds. The summed E-state index contributed by atoms with van der Waals surface area (Å²) in [5.74, 6) is -0.0959. The summed E-state index contributed by atoms with van der Waals surface area (Å²) in [7, 11) is 0. The minimum absolute atomic E-state index is 0.195. The maximum absolute atomic E-state index is 13.0. The molecule has 0 aliphatic rings. The molecule has 0 saturated heterocycles. The molecule has 100 valence electrons. The summed E-state index contributed by atoms with van der Waals surface area (Å²) in [6, 6.07) is 9.35. The molecule has 2 N–H and O–H groups in total. The Morgan fingerprint density at radius 1 is 1.42 bits per heavy atom. The molecule has 0 bridgehead atoms. The lowest BCUT2D eigenvalue weighted by molar-refractivity contribution is 0.0927. The summed E-state index contributed by atoms with van der Waals surface area (Å²) < 4.78 is 18.5. The number of carbonyl (C=O) groups excluding carboxylic acids is 1. The lowest BCUT2D eigenvalue weighted by atomic mass is 10.3. The quantitative estimate of drug-likeness (QED) is 0.869. The Morgan fingerprint density at radius 3 is 2.95 bits per heavy atom. The number of hydrogen-bond acceptors (Lipinski definition) is 2. The minimum Gasteiger partial charge on any atom is -0.489 e. The highest BCUT2D eigenvalue weighted by molar-refractivity contribution is 5.92. The summed E-state index contributed by atoms with van der Waals surface area (Å²) in [6.45, 7) is 2.15. The van der Waals surface area contributed by atoms with E-state index >= 15 is 0 Å². The van der Waals surface area contributed by atoms with Gasteiger partial charge in [-0.3, -0.25) is 4.79 Å². The molecule has 0 aliphatic carbocycles. The van der Waals surface area contributed by atoms with Crippen molar-refractivity contribution in [1.82, 2.24) is 10.3 Å². The van der Waals surface area contributed by atoms with Crippen LogP contribution >= 0.6 is 0 Å². The Balaban J connectivity index is 1.82. The number of halogens is 1. The average molecular weight is 262 g/mol. The van der Waals surface area contributed by atoms with Crippen LogP contribution in [0.25, 0.3) is 0 Å². The molecule has 0 fully saturated rings. The molecular formula is C14H15FN2O2. The van der Waals surface area contributed by atoms with Gasteiger partial charge in [-0.15, -0.1) is 0 Å². The SMILES string of the molecule is C[C@H](CNC(=O)c1ccc[nH]1)Oc1cccc(F)c1. The van der Waals surface area contributed by atoms with E-state index in [1.54, 1.807) is 37.4 Å². The first-order valence-corrected chi connectivity index (χ1v) is 5.99. The Kier molecular flexibility index (Phi) is 4.18. The zero-order chi connectivity index (χ0) is 13.7. The number of ether oxygens (including phenoxy) is 1. The standard InChI is InChI=1S/C14H15FN2O2/c1-10(19-12-5-2-4-11(15)8-12)9-17-14(18)13-6-3-7-16-13/h2-8,10,16H,9H2,1H3,(H,17,18)/t10-/m1/s1. The van der Waals surface area contributed by atoms with E-state index < -0.39 is 0 Å². The number of H-pyrrole nitrogens is 1. The maximum Gasteiger partial charge on any atom is 0.267 e. The first-order chi connectivity index (χ1) is 9.15. The summed E-state index contributed by atoms with van der Waals surface area (Å²) >= 11 is 0. The van der Waals surface area contributed by atoms with Crippen LogP contribution < -0.4 is 10.1 Å². The van der Waals surface area contributed by atoms with E-state index in [9.17, 15) is 9.18 Å². The van der Waals surface area contributed by atoms with Gasteiger partial charge in [0.05, 0.1) is 6.54 Å². The molecule has 2 aromatic rings. The predicted octanol–water partition coefficient (Wildman–Crippen LogP) is 2.35. The van der Waals surface area contributed by atoms with Crippen molar-refractivity contribution in [1.29, 1.82) is 0 Å². The van der Waals surface area contributed by atoms with Crippen LogP contribution in [0.4, 0.5) is 4.39 Å². The van der Waals surface area contributed by atoms with Crippen LogP contribution in [-0.2, 0) is 0 Å². The summed E-state index contributed by atoms with van der Waals surface area (Å²) in [5, 5.41) is 2.73. The number of carbonyl (C=O) groups is 1. The molecule has 19 heavy (non-hydrogen) atoms. The van der Waals surface area contributed by atoms with Crippen LogP contribution in [0.1, 0.15) is 17.4 Å². The zero-order valence-electron chi connectivity index (χ0n) is 10.5. The van der Waals surface area contributed by atoms with Crippen molar-refractivity contribution in [2.24, 2.45) is 0 Å². The van der Waals surface area contributed by atoms with Gasteiger partial charge in [0.2, 0.25) is 0 Å². The van der Waals surface area contributed by atoms with E-state index in [1.807, 2.05) is 0 Å². The van der Waals surface area contributed by atoms with Crippen LogP contribution in [-0.4, -0.2) is 23.5 Å². The van der Waals surface area contributed by atoms with Gasteiger partial charge in [0.15, 0.2) is 0 Å². The molecular weight excluding hydrogens is 247 g/mol. The maximum atomic E-state index is 13.0. The molecule has 0 unspecified atom stereocenters. The summed E-state index contributed by atoms with van der Waals surface area (Å²) in [6.07, 6.45) is 1.43. The Labute approximate surface area is 110 Å². The third-order valence-corrected chi connectivity index (χ3v) is 2.53. The Hall–Kier alpha value is -2.30. The molecule has 0 spiro atoms. The number of hydrogen-bond donors (Lipinski definition) is 2. The van der Waals surface area contributed by atoms with Crippen LogP contribution in [0.2, 0.25) is 0 Å². The third-order valence-electron chi connectivity index (χ3n) is 2.53. The van der Waals surface area contributed by atoms with Crippen molar-refractivity contribution < 1.29 is 13.9 Å². The second kappa shape index (κ2) is 6.04. The lowest BCUT2D eigenvalue weighted by Gasteiger charge is -2.15. The van der Waals surface area contributed by atoms with Gasteiger partial charge in [0, 0.05) is 12.3 Å². The van der Waals surface area contributed by atoms with Crippen LogP contribution in [0.3, 0.4) is 0 Å². The number of amides is 1. The highest BCUT2D eigenvalue weighted by atomic mass is 19.1. The molecule has 4 nitrogen and oxygen atoms in total. The first-order valence-electron chi connectivity index (χ1n) is 5.99. The van der Waals surface area contributed by atoms with Gasteiger partial charge in [-0.25, -0.2) is 4.39 Å². The van der Waals surface area contributed by atoms with Crippen molar-refractivity contribution in [3.8, 4) is 5.75 Å². The van der Waals surface area contributed by atoms with Crippen molar-refractivity contribution in [3.63, 3.8) is 0 Å². The summed E-state index contributed by atoms with van der Waals surface area (Å²) in [5.41, 5.74) is 0.498. The highest BCUT2D eigenvalue weighted by Crippen LogP contribution is 2.13. The smallest absolute Gasteiger partial charge is 0.267 e. The largest absolute Gasteiger partial charge is 0.489 e. The topological polar surface area (TPSA) is 54.1 Å². The van der Waals surface area contributed by atoms with Gasteiger partial charge in [-0.1, -0.05) is 6.07 Å². The van der Waals surface area contributed by atoms with Gasteiger partial charge in [0.1, 0.15) is 23.4 Å². The average Bonchev–Trinajstić information content (AvgIpc) is 2.90. The fourth-order valence-corrected chi connectivity index (χ4v) is 1.62. The van der Waals surface area contributed by atoms with Crippen molar-refractivity contribution >= 4 is 5.91 Å². The normalized spacial score (nSPS) is 11.9. The molecule has 0 aliphatic heterocycles. The lowest BCUT2D eigenvalue weighted by Crippen LogP contribution is -2.33. The number of rotatable bonds is 5. The number of nitrogens with one attached hydrogen (secondary N) is 2. The molecule has 1 aromatic heterocycles. The summed E-state index contributed by atoms with van der Waals surface area (Å²) in [4.78, 5) is 14.5. The van der Waals surface area contributed by atoms with E-state index in [2.05, 4.69) is 10.3 Å². The molecule has 5 heteroatoms. The fraction of sp³-hybridized carbons (Fsp3) is 0.214. The van der Waals surface area contributed by atoms with Crippen LogP contribution in [0.15, 0.2) is 42.6 Å². The third kappa shape index (κ3) is 3.84. The van der Waals surface area contributed by atoms with Gasteiger partial charge < -0.3 is 15.0 Å². The first kappa shape index (κ1) is 13.1. The van der Waals surface area contributed by atoms with Gasteiger partial charge in [-0.2, -0.15) is 0 Å². The number of benzene rings is 1. The van der Waals surface area contributed by atoms with E-state index in [0.717, 1.165) is 0 Å². The van der Waals surface area contributed by atoms with E-state index in [4.69, 9.17) is 4.74 Å². The number of aromatic amines is 1. The van der Waals surface area contributed by atoms with Crippen molar-refractivity contribution in [2.75, 3.05) is 6.54 Å². The van der Waals surface area contributed by atoms with Crippen LogP contribution in [0, 0.1) is 5.82 Å². The molecule has 1 heterocycles. The van der Waals surface area contributed by atoms with Gasteiger partial charge in [0.25, 0.3) is 5.91 Å². The van der Waals surface area contributed by atoms with Crippen molar-refractivity contribution in [2.45, 2.75) is 13.0 Å². The minimum atomic E-state index is -0.347. The Bertz CT molecular complexity index is 540. The van der Waals surface area contributed by atoms with Gasteiger partial charge in [-0.05, 0) is 31.2 Å². The molecule has 2 rings (SSSR count). The molecule has 0 radical (unpaired) electrons. The number of aromatic nitrogens is 1. The zero-order valence-corrected chi connectivity index (χ0v) is 10.5.